The number of para-hydroxylation sites is 1. The zero-order valence-corrected chi connectivity index (χ0v) is 26.1. The Hall–Kier alpha value is -4.11. The van der Waals surface area contributed by atoms with Crippen LogP contribution in [0, 0.1) is 35.5 Å². The molecule has 2 heterocycles. The second kappa shape index (κ2) is 13.5. The van der Waals surface area contributed by atoms with Gasteiger partial charge in [-0.2, -0.15) is 0 Å². The second-order valence-electron chi connectivity index (χ2n) is 11.0. The van der Waals surface area contributed by atoms with Crippen molar-refractivity contribution in [3.05, 3.63) is 53.3 Å². The SMILES string of the molecule is CC(CCN1Cc2cc(C#CC#C[C@H]3C[C@@H]3COC(=O)CCc3ccccc3OP(=O)(O)O)cn2C1=O)(C(=O)NO)S(C)(=O)=O. The van der Waals surface area contributed by atoms with Crippen LogP contribution >= 0.6 is 7.82 Å². The molecule has 1 aromatic carbocycles. The quantitative estimate of drug-likeness (QED) is 0.0846. The van der Waals surface area contributed by atoms with E-state index in [1.807, 2.05) is 0 Å². The summed E-state index contributed by atoms with van der Waals surface area (Å²) >= 11 is 0. The van der Waals surface area contributed by atoms with Crippen LogP contribution in [0.1, 0.15) is 43.0 Å². The molecule has 14 nitrogen and oxygen atoms in total. The Labute approximate surface area is 259 Å². The molecule has 1 aliphatic heterocycles. The van der Waals surface area contributed by atoms with Gasteiger partial charge in [-0.1, -0.05) is 30.0 Å². The fraction of sp³-hybridized carbons (Fsp3) is 0.414. The summed E-state index contributed by atoms with van der Waals surface area (Å²) in [6.07, 6.45) is 3.20. The highest BCUT2D eigenvalue weighted by Crippen LogP contribution is 2.40. The van der Waals surface area contributed by atoms with Crippen molar-refractivity contribution in [2.75, 3.05) is 19.4 Å². The van der Waals surface area contributed by atoms with E-state index in [9.17, 15) is 27.4 Å². The lowest BCUT2D eigenvalue weighted by atomic mass is 10.1. The molecule has 3 atom stereocenters. The van der Waals surface area contributed by atoms with Crippen LogP contribution in [-0.2, 0) is 41.7 Å². The van der Waals surface area contributed by atoms with Crippen LogP contribution in [-0.4, -0.2) is 74.9 Å². The molecule has 2 amide bonds. The molecule has 0 radical (unpaired) electrons. The first-order chi connectivity index (χ1) is 21.1. The van der Waals surface area contributed by atoms with Gasteiger partial charge in [-0.3, -0.25) is 29.2 Å². The number of amides is 2. The lowest BCUT2D eigenvalue weighted by Gasteiger charge is -2.27. The number of hydrogen-bond acceptors (Lipinski definition) is 9. The van der Waals surface area contributed by atoms with Gasteiger partial charge < -0.3 is 14.2 Å². The van der Waals surface area contributed by atoms with Gasteiger partial charge in [0.05, 0.1) is 13.2 Å². The standard InChI is InChI=1S/C29H32N3O11PS/c1-29(27(34)30-36,45(2,40)41)13-14-31-18-24-15-20(17-32(24)28(31)35)7-3-4-9-22-16-23(22)19-42-26(33)12-11-21-8-5-6-10-25(21)43-44(37,38)39/h5-6,8,10,15,17,22-23,36H,11-14,16,18-19H2,1-2H3,(H,30,34)(H2,37,38,39)/t22-,23+,29?/m0/s1. The number of carbonyl (C=O) groups is 3. The number of phosphoric ester groups is 1. The van der Waals surface area contributed by atoms with Crippen molar-refractivity contribution in [2.24, 2.45) is 11.8 Å². The van der Waals surface area contributed by atoms with Crippen molar-refractivity contribution in [3.63, 3.8) is 0 Å². The Balaban J connectivity index is 1.21. The number of ether oxygens (including phenoxy) is 1. The molecule has 45 heavy (non-hydrogen) atoms. The molecule has 240 valence electrons. The van der Waals surface area contributed by atoms with E-state index >= 15 is 0 Å². The molecule has 0 saturated heterocycles. The summed E-state index contributed by atoms with van der Waals surface area (Å²) in [6, 6.07) is 7.60. The van der Waals surface area contributed by atoms with Crippen LogP contribution in [0.2, 0.25) is 0 Å². The summed E-state index contributed by atoms with van der Waals surface area (Å²) < 4.78 is 44.9. The highest BCUT2D eigenvalue weighted by molar-refractivity contribution is 7.92. The van der Waals surface area contributed by atoms with Gasteiger partial charge in [-0.05, 0) is 55.7 Å². The molecule has 4 N–H and O–H groups in total. The van der Waals surface area contributed by atoms with Crippen LogP contribution in [0.5, 0.6) is 5.75 Å². The van der Waals surface area contributed by atoms with E-state index in [0.717, 1.165) is 12.7 Å². The first-order valence-corrected chi connectivity index (χ1v) is 17.2. The van der Waals surface area contributed by atoms with Crippen molar-refractivity contribution >= 4 is 35.6 Å². The van der Waals surface area contributed by atoms with E-state index in [4.69, 9.17) is 19.7 Å². The largest absolute Gasteiger partial charge is 0.524 e. The number of aromatic nitrogens is 1. The average Bonchev–Trinajstić information content (AvgIpc) is 3.50. The average molecular weight is 662 g/mol. The predicted octanol–water partition coefficient (Wildman–Crippen LogP) is 1.61. The number of esters is 1. The Morgan fingerprint density at radius 3 is 2.62 bits per heavy atom. The van der Waals surface area contributed by atoms with E-state index in [2.05, 4.69) is 28.2 Å². The third-order valence-electron chi connectivity index (χ3n) is 7.68. The van der Waals surface area contributed by atoms with Crippen LogP contribution in [0.15, 0.2) is 36.5 Å². The van der Waals surface area contributed by atoms with Crippen molar-refractivity contribution in [3.8, 4) is 29.4 Å². The van der Waals surface area contributed by atoms with Gasteiger partial charge >= 0.3 is 19.8 Å². The third kappa shape index (κ3) is 8.54. The molecular formula is C29H32N3O11PS. The number of sulfone groups is 1. The van der Waals surface area contributed by atoms with Gasteiger partial charge in [0.2, 0.25) is 0 Å². The van der Waals surface area contributed by atoms with Crippen LogP contribution < -0.4 is 10.0 Å². The van der Waals surface area contributed by atoms with Crippen molar-refractivity contribution in [2.45, 2.75) is 43.9 Å². The van der Waals surface area contributed by atoms with E-state index in [0.29, 0.717) is 16.8 Å². The summed E-state index contributed by atoms with van der Waals surface area (Å²) in [5.41, 5.74) is 3.08. The molecule has 0 spiro atoms. The maximum Gasteiger partial charge on any atom is 0.524 e. The minimum atomic E-state index is -4.72. The highest BCUT2D eigenvalue weighted by Gasteiger charge is 2.44. The summed E-state index contributed by atoms with van der Waals surface area (Å²) in [7, 11) is -8.61. The summed E-state index contributed by atoms with van der Waals surface area (Å²) in [5, 5.41) is 8.97. The second-order valence-corrected chi connectivity index (χ2v) is 14.6. The highest BCUT2D eigenvalue weighted by atomic mass is 32.2. The van der Waals surface area contributed by atoms with Crippen LogP contribution in [0.4, 0.5) is 4.79 Å². The number of aryl methyl sites for hydroxylation is 1. The number of fused-ring (bicyclic) bond motifs is 1. The first-order valence-electron chi connectivity index (χ1n) is 13.8. The lowest BCUT2D eigenvalue weighted by molar-refractivity contribution is -0.144. The molecule has 2 aromatic rings. The molecule has 1 fully saturated rings. The number of carbonyl (C=O) groups excluding carboxylic acids is 3. The zero-order chi connectivity index (χ0) is 33.0. The number of nitrogens with zero attached hydrogens (tertiary/aromatic N) is 2. The maximum absolute atomic E-state index is 12.8. The first kappa shape index (κ1) is 33.8. The molecule has 16 heteroatoms. The number of nitrogens with one attached hydrogen (secondary N) is 1. The topological polar surface area (TPSA) is 202 Å². The third-order valence-corrected chi connectivity index (χ3v) is 10.1. The Kier molecular flexibility index (Phi) is 10.1. The van der Waals surface area contributed by atoms with Gasteiger partial charge in [0.1, 0.15) is 5.75 Å². The van der Waals surface area contributed by atoms with Crippen molar-refractivity contribution in [1.82, 2.24) is 14.9 Å². The van der Waals surface area contributed by atoms with Gasteiger partial charge in [0, 0.05) is 48.5 Å². The molecule has 1 aliphatic carbocycles. The smallest absolute Gasteiger partial charge is 0.465 e. The summed E-state index contributed by atoms with van der Waals surface area (Å²) in [5.74, 6) is 10.1. The van der Waals surface area contributed by atoms with Gasteiger partial charge in [0.15, 0.2) is 14.6 Å². The number of rotatable bonds is 12. The number of benzene rings is 1. The molecule has 1 saturated carbocycles. The number of hydrogen-bond donors (Lipinski definition) is 4. The van der Waals surface area contributed by atoms with E-state index in [1.165, 1.54) is 27.9 Å². The molecule has 2 aliphatic rings. The fourth-order valence-corrected chi connectivity index (χ4v) is 5.96. The fourth-order valence-electron chi connectivity index (χ4n) is 4.68. The normalized spacial score (nSPS) is 18.4. The molecule has 1 aromatic heterocycles. The zero-order valence-electron chi connectivity index (χ0n) is 24.4. The van der Waals surface area contributed by atoms with Crippen molar-refractivity contribution in [1.29, 1.82) is 0 Å². The summed E-state index contributed by atoms with van der Waals surface area (Å²) in [6.45, 7) is 1.57. The van der Waals surface area contributed by atoms with Gasteiger partial charge in [0.25, 0.3) is 5.91 Å². The van der Waals surface area contributed by atoms with E-state index < -0.39 is 40.3 Å². The summed E-state index contributed by atoms with van der Waals surface area (Å²) in [4.78, 5) is 56.5. The predicted molar refractivity (Wildman–Crippen MR) is 158 cm³/mol. The molecule has 0 bridgehead atoms. The lowest BCUT2D eigenvalue weighted by Crippen LogP contribution is -2.50. The minimum Gasteiger partial charge on any atom is -0.465 e. The number of hydroxylamine groups is 1. The monoisotopic (exact) mass is 661 g/mol. The number of phosphoric acid groups is 1. The van der Waals surface area contributed by atoms with E-state index in [-0.39, 0.29) is 56.5 Å². The molecule has 1 unspecified atom stereocenters. The van der Waals surface area contributed by atoms with Crippen LogP contribution in [0.3, 0.4) is 0 Å². The van der Waals surface area contributed by atoms with Gasteiger partial charge in [-0.25, -0.2) is 23.3 Å². The molecule has 4 rings (SSSR count). The maximum atomic E-state index is 12.8. The Morgan fingerprint density at radius 1 is 1.22 bits per heavy atom. The van der Waals surface area contributed by atoms with E-state index in [1.54, 1.807) is 30.5 Å². The molecular weight excluding hydrogens is 629 g/mol. The van der Waals surface area contributed by atoms with Crippen LogP contribution in [0.25, 0.3) is 0 Å². The Morgan fingerprint density at radius 2 is 1.96 bits per heavy atom. The minimum absolute atomic E-state index is 0.0110. The van der Waals surface area contributed by atoms with Crippen molar-refractivity contribution < 1.29 is 51.6 Å². The van der Waals surface area contributed by atoms with Gasteiger partial charge in [-0.15, -0.1) is 0 Å². The Bertz CT molecular complexity index is 1780.